The van der Waals surface area contributed by atoms with Gasteiger partial charge in [0.25, 0.3) is 0 Å². The van der Waals surface area contributed by atoms with Crippen molar-refractivity contribution >= 4 is 0 Å². The number of benzene rings is 2. The Bertz CT molecular complexity index is 554. The van der Waals surface area contributed by atoms with Gasteiger partial charge in [-0.1, -0.05) is 12.1 Å². The average Bonchev–Trinajstić information content (AvgIpc) is 2.29. The minimum atomic E-state index is 0.231. The molecule has 0 atom stereocenters. The van der Waals surface area contributed by atoms with E-state index in [1.807, 2.05) is 32.9 Å². The van der Waals surface area contributed by atoms with E-state index in [1.54, 1.807) is 18.2 Å². The van der Waals surface area contributed by atoms with Gasteiger partial charge in [-0.15, -0.1) is 0 Å². The van der Waals surface area contributed by atoms with Crippen molar-refractivity contribution in [2.24, 2.45) is 0 Å². The van der Waals surface area contributed by atoms with E-state index in [2.05, 4.69) is 0 Å². The van der Waals surface area contributed by atoms with Crippen LogP contribution in [-0.2, 0) is 0 Å². The summed E-state index contributed by atoms with van der Waals surface area (Å²) in [5.41, 5.74) is 5.11. The van der Waals surface area contributed by atoms with Crippen LogP contribution in [-0.4, -0.2) is 10.2 Å². The Labute approximate surface area is 101 Å². The molecule has 0 spiro atoms. The molecule has 0 heterocycles. The molecule has 88 valence electrons. The number of aromatic hydroxyl groups is 2. The summed E-state index contributed by atoms with van der Waals surface area (Å²) in [6.45, 7) is 6.04. The maximum atomic E-state index is 10.1. The van der Waals surface area contributed by atoms with Crippen molar-refractivity contribution in [1.82, 2.24) is 0 Å². The Kier molecular flexibility index (Phi) is 2.80. The summed E-state index contributed by atoms with van der Waals surface area (Å²) in [4.78, 5) is 0. The molecule has 0 fully saturated rings. The van der Waals surface area contributed by atoms with E-state index in [0.29, 0.717) is 0 Å². The number of aryl methyl sites for hydroxylation is 1. The smallest absolute Gasteiger partial charge is 0.123 e. The van der Waals surface area contributed by atoms with Crippen molar-refractivity contribution in [2.45, 2.75) is 20.8 Å². The maximum Gasteiger partial charge on any atom is 0.123 e. The lowest BCUT2D eigenvalue weighted by molar-refractivity contribution is 0.473. The van der Waals surface area contributed by atoms with Gasteiger partial charge in [0.05, 0.1) is 0 Å². The van der Waals surface area contributed by atoms with Gasteiger partial charge in [-0.25, -0.2) is 0 Å². The molecule has 2 nitrogen and oxygen atoms in total. The molecule has 0 aromatic heterocycles. The number of rotatable bonds is 1. The molecule has 0 amide bonds. The summed E-state index contributed by atoms with van der Waals surface area (Å²) >= 11 is 0. The highest BCUT2D eigenvalue weighted by molar-refractivity contribution is 5.75. The largest absolute Gasteiger partial charge is 0.508 e. The van der Waals surface area contributed by atoms with E-state index in [4.69, 9.17) is 0 Å². The lowest BCUT2D eigenvalue weighted by atomic mass is 9.93. The van der Waals surface area contributed by atoms with E-state index in [0.717, 1.165) is 22.3 Å². The molecule has 0 unspecified atom stereocenters. The fourth-order valence-corrected chi connectivity index (χ4v) is 2.05. The zero-order valence-electron chi connectivity index (χ0n) is 10.3. The summed E-state index contributed by atoms with van der Waals surface area (Å²) in [6, 6.07) is 8.66. The van der Waals surface area contributed by atoms with Gasteiger partial charge in [0.15, 0.2) is 0 Å². The van der Waals surface area contributed by atoms with Crippen LogP contribution in [0.4, 0.5) is 0 Å². The molecule has 2 aromatic carbocycles. The fourth-order valence-electron chi connectivity index (χ4n) is 2.05. The highest BCUT2D eigenvalue weighted by Crippen LogP contribution is 2.36. The first-order valence-electron chi connectivity index (χ1n) is 5.60. The first-order valence-corrected chi connectivity index (χ1v) is 5.60. The summed E-state index contributed by atoms with van der Waals surface area (Å²) < 4.78 is 0. The lowest BCUT2D eigenvalue weighted by Gasteiger charge is -2.14. The molecule has 2 rings (SSSR count). The molecule has 0 saturated carbocycles. The van der Waals surface area contributed by atoms with Gasteiger partial charge in [0.2, 0.25) is 0 Å². The normalized spacial score (nSPS) is 10.5. The van der Waals surface area contributed by atoms with Gasteiger partial charge < -0.3 is 10.2 Å². The van der Waals surface area contributed by atoms with Gasteiger partial charge in [-0.2, -0.15) is 0 Å². The summed E-state index contributed by atoms with van der Waals surface area (Å²) in [5.74, 6) is 0.519. The predicted molar refractivity (Wildman–Crippen MR) is 69.4 cm³/mol. The third kappa shape index (κ3) is 1.98. The summed E-state index contributed by atoms with van der Waals surface area (Å²) in [5, 5.41) is 19.3. The van der Waals surface area contributed by atoms with Crippen molar-refractivity contribution in [3.8, 4) is 22.6 Å². The minimum Gasteiger partial charge on any atom is -0.508 e. The van der Waals surface area contributed by atoms with Gasteiger partial charge in [0.1, 0.15) is 11.5 Å². The minimum absolute atomic E-state index is 0.231. The highest BCUT2D eigenvalue weighted by atomic mass is 16.3. The first-order chi connectivity index (χ1) is 8.00. The molecule has 0 saturated heterocycles. The number of hydrogen-bond acceptors (Lipinski definition) is 2. The van der Waals surface area contributed by atoms with Crippen LogP contribution in [0.5, 0.6) is 11.5 Å². The van der Waals surface area contributed by atoms with Crippen LogP contribution >= 0.6 is 0 Å². The van der Waals surface area contributed by atoms with Crippen LogP contribution in [0.2, 0.25) is 0 Å². The zero-order chi connectivity index (χ0) is 12.6. The maximum absolute atomic E-state index is 10.1. The summed E-state index contributed by atoms with van der Waals surface area (Å²) in [6.07, 6.45) is 0. The second-order valence-electron chi connectivity index (χ2n) is 4.38. The van der Waals surface area contributed by atoms with Crippen LogP contribution in [0.1, 0.15) is 16.7 Å². The fraction of sp³-hybridized carbons (Fsp3) is 0.200. The average molecular weight is 228 g/mol. The number of phenolic OH excluding ortho intramolecular Hbond substituents is 2. The van der Waals surface area contributed by atoms with E-state index >= 15 is 0 Å². The SMILES string of the molecule is Cc1cc(O)c(-c2ccc(O)cc2)c(C)c1C. The third-order valence-corrected chi connectivity index (χ3v) is 3.29. The van der Waals surface area contributed by atoms with Crippen LogP contribution in [0, 0.1) is 20.8 Å². The molecule has 0 aliphatic rings. The van der Waals surface area contributed by atoms with Gasteiger partial charge in [0, 0.05) is 5.56 Å². The number of phenols is 2. The molecule has 2 N–H and O–H groups in total. The topological polar surface area (TPSA) is 40.5 Å². The van der Waals surface area contributed by atoms with Crippen LogP contribution in [0.25, 0.3) is 11.1 Å². The lowest BCUT2D eigenvalue weighted by Crippen LogP contribution is -1.91. The first kappa shape index (κ1) is 11.5. The number of hydrogen-bond donors (Lipinski definition) is 2. The van der Waals surface area contributed by atoms with E-state index in [9.17, 15) is 10.2 Å². The molecule has 0 aliphatic carbocycles. The van der Waals surface area contributed by atoms with Gasteiger partial charge in [-0.05, 0) is 61.2 Å². The Hall–Kier alpha value is -1.96. The Morgan fingerprint density at radius 2 is 1.41 bits per heavy atom. The molecule has 0 radical (unpaired) electrons. The summed E-state index contributed by atoms with van der Waals surface area (Å²) in [7, 11) is 0. The second kappa shape index (κ2) is 4.13. The van der Waals surface area contributed by atoms with E-state index in [1.165, 1.54) is 5.56 Å². The van der Waals surface area contributed by atoms with Crippen molar-refractivity contribution < 1.29 is 10.2 Å². The van der Waals surface area contributed by atoms with Gasteiger partial charge >= 0.3 is 0 Å². The van der Waals surface area contributed by atoms with E-state index < -0.39 is 0 Å². The van der Waals surface area contributed by atoms with Crippen molar-refractivity contribution in [2.75, 3.05) is 0 Å². The van der Waals surface area contributed by atoms with Crippen molar-refractivity contribution in [1.29, 1.82) is 0 Å². The molecule has 0 aliphatic heterocycles. The molecule has 0 bridgehead atoms. The zero-order valence-corrected chi connectivity index (χ0v) is 10.3. The van der Waals surface area contributed by atoms with Crippen LogP contribution in [0.15, 0.2) is 30.3 Å². The third-order valence-electron chi connectivity index (χ3n) is 3.29. The molecule has 17 heavy (non-hydrogen) atoms. The molecule has 2 heteroatoms. The molecule has 2 aromatic rings. The highest BCUT2D eigenvalue weighted by Gasteiger charge is 2.11. The quantitative estimate of drug-likeness (QED) is 0.781. The Morgan fingerprint density at radius 3 is 2.00 bits per heavy atom. The van der Waals surface area contributed by atoms with Crippen molar-refractivity contribution in [3.05, 3.63) is 47.0 Å². The van der Waals surface area contributed by atoms with Gasteiger partial charge in [-0.3, -0.25) is 0 Å². The monoisotopic (exact) mass is 228 g/mol. The molecular weight excluding hydrogens is 212 g/mol. The van der Waals surface area contributed by atoms with Crippen LogP contribution < -0.4 is 0 Å². The Morgan fingerprint density at radius 1 is 0.824 bits per heavy atom. The van der Waals surface area contributed by atoms with Crippen molar-refractivity contribution in [3.63, 3.8) is 0 Å². The Balaban J connectivity index is 2.67. The molecular formula is C15H16O2. The van der Waals surface area contributed by atoms with Crippen LogP contribution in [0.3, 0.4) is 0 Å². The second-order valence-corrected chi connectivity index (χ2v) is 4.38. The van der Waals surface area contributed by atoms with E-state index in [-0.39, 0.29) is 11.5 Å². The standard InChI is InChI=1S/C15H16O2/c1-9-8-14(17)15(11(3)10(9)2)12-4-6-13(16)7-5-12/h4-8,16-17H,1-3H3. The predicted octanol–water partition coefficient (Wildman–Crippen LogP) is 3.69.